The average Bonchev–Trinajstić information content (AvgIpc) is 3.21. The predicted molar refractivity (Wildman–Crippen MR) is 96.6 cm³/mol. The van der Waals surface area contributed by atoms with Gasteiger partial charge >= 0.3 is 13.1 Å². The van der Waals surface area contributed by atoms with E-state index in [1.807, 2.05) is 60.7 Å². The second-order valence-electron chi connectivity index (χ2n) is 9.12. The third-order valence-corrected chi connectivity index (χ3v) is 5.23. The van der Waals surface area contributed by atoms with E-state index in [1.165, 1.54) is 0 Å². The molecule has 1 aliphatic carbocycles. The van der Waals surface area contributed by atoms with Crippen molar-refractivity contribution in [2.75, 3.05) is 0 Å². The molecule has 0 spiro atoms. The van der Waals surface area contributed by atoms with Crippen LogP contribution in [0.15, 0.2) is 18.5 Å². The first-order valence-corrected chi connectivity index (χ1v) is 8.93. The summed E-state index contributed by atoms with van der Waals surface area (Å²) in [6.07, 6.45) is 4.41. The maximum Gasteiger partial charge on any atom is 0.496 e. The van der Waals surface area contributed by atoms with Gasteiger partial charge in [0.25, 0.3) is 0 Å². The Balaban J connectivity index is 1.71. The molecule has 0 N–H and O–H groups in total. The number of ether oxygens (including phenoxy) is 1. The van der Waals surface area contributed by atoms with E-state index in [0.29, 0.717) is 0 Å². The molecule has 2 atom stereocenters. The molecular weight excluding hydrogens is 317 g/mol. The first kappa shape index (κ1) is 18.4. The van der Waals surface area contributed by atoms with Crippen LogP contribution < -0.4 is 5.46 Å². The normalized spacial score (nSPS) is 27.2. The molecule has 0 aromatic carbocycles. The van der Waals surface area contributed by atoms with E-state index in [-0.39, 0.29) is 29.0 Å². The summed E-state index contributed by atoms with van der Waals surface area (Å²) in [4.78, 5) is 16.6. The molecule has 2 aliphatic rings. The summed E-state index contributed by atoms with van der Waals surface area (Å²) >= 11 is 0. The van der Waals surface area contributed by atoms with Crippen LogP contribution in [0.5, 0.6) is 0 Å². The highest BCUT2D eigenvalue weighted by atomic mass is 16.7. The Morgan fingerprint density at radius 3 is 2.36 bits per heavy atom. The van der Waals surface area contributed by atoms with Crippen molar-refractivity contribution < 1.29 is 18.8 Å². The molecule has 6 heteroatoms. The zero-order valence-corrected chi connectivity index (χ0v) is 16.3. The van der Waals surface area contributed by atoms with Crippen LogP contribution >= 0.6 is 0 Å². The quantitative estimate of drug-likeness (QED) is 0.623. The maximum atomic E-state index is 12.2. The third kappa shape index (κ3) is 3.75. The summed E-state index contributed by atoms with van der Waals surface area (Å²) in [5.41, 5.74) is 0.722. The number of pyridine rings is 1. The van der Waals surface area contributed by atoms with Gasteiger partial charge in [0.05, 0.1) is 17.1 Å². The number of aromatic nitrogens is 1. The van der Waals surface area contributed by atoms with Gasteiger partial charge in [-0.25, -0.2) is 0 Å². The Hall–Kier alpha value is -1.40. The Bertz CT molecular complexity index is 664. The van der Waals surface area contributed by atoms with E-state index in [9.17, 15) is 4.79 Å². The molecule has 0 unspecified atom stereocenters. The van der Waals surface area contributed by atoms with Gasteiger partial charge < -0.3 is 14.0 Å². The minimum absolute atomic E-state index is 0.0745. The molecule has 1 aromatic rings. The number of hydrogen-bond donors (Lipinski definition) is 0. The van der Waals surface area contributed by atoms with Crippen LogP contribution in [0, 0.1) is 5.92 Å². The van der Waals surface area contributed by atoms with Gasteiger partial charge in [-0.1, -0.05) is 6.07 Å². The molecule has 25 heavy (non-hydrogen) atoms. The summed E-state index contributed by atoms with van der Waals surface area (Å²) in [7, 11) is -0.434. The molecule has 1 aromatic heterocycles. The summed E-state index contributed by atoms with van der Waals surface area (Å²) in [5.74, 6) is -0.0298. The summed E-state index contributed by atoms with van der Waals surface area (Å²) < 4.78 is 17.7. The van der Waals surface area contributed by atoms with E-state index >= 15 is 0 Å². The Kier molecular flexibility index (Phi) is 4.28. The van der Waals surface area contributed by atoms with Crippen molar-refractivity contribution in [3.05, 3.63) is 24.0 Å². The van der Waals surface area contributed by atoms with Crippen LogP contribution in [0.3, 0.4) is 0 Å². The van der Waals surface area contributed by atoms with Crippen LogP contribution in [0.25, 0.3) is 0 Å². The Morgan fingerprint density at radius 2 is 1.80 bits per heavy atom. The lowest BCUT2D eigenvalue weighted by Gasteiger charge is -2.32. The van der Waals surface area contributed by atoms with Gasteiger partial charge in [-0.15, -0.1) is 0 Å². The van der Waals surface area contributed by atoms with Crippen molar-refractivity contribution in [3.8, 4) is 0 Å². The minimum atomic E-state index is -0.451. The molecule has 5 nitrogen and oxygen atoms in total. The summed E-state index contributed by atoms with van der Waals surface area (Å²) in [6.45, 7) is 13.8. The van der Waals surface area contributed by atoms with Crippen molar-refractivity contribution in [2.45, 2.75) is 77.6 Å². The third-order valence-electron chi connectivity index (χ3n) is 5.23. The fraction of sp³-hybridized carbons (Fsp3) is 0.684. The van der Waals surface area contributed by atoms with Gasteiger partial charge in [-0.05, 0) is 66.4 Å². The molecule has 1 saturated heterocycles. The van der Waals surface area contributed by atoms with Crippen molar-refractivity contribution in [1.82, 2.24) is 4.98 Å². The largest absolute Gasteiger partial charge is 0.496 e. The van der Waals surface area contributed by atoms with Crippen LogP contribution in [0.1, 0.15) is 66.4 Å². The van der Waals surface area contributed by atoms with Crippen molar-refractivity contribution in [1.29, 1.82) is 0 Å². The molecule has 1 saturated carbocycles. The van der Waals surface area contributed by atoms with Gasteiger partial charge in [0, 0.05) is 17.9 Å². The number of carbonyl (C=O) groups excluding carboxylic acids is 1. The molecule has 1 aliphatic heterocycles. The van der Waals surface area contributed by atoms with Gasteiger partial charge in [-0.2, -0.15) is 0 Å². The fourth-order valence-electron chi connectivity index (χ4n) is 2.99. The van der Waals surface area contributed by atoms with E-state index in [0.717, 1.165) is 17.4 Å². The monoisotopic (exact) mass is 345 g/mol. The van der Waals surface area contributed by atoms with Crippen LogP contribution in [-0.4, -0.2) is 34.9 Å². The molecule has 3 rings (SSSR count). The van der Waals surface area contributed by atoms with Gasteiger partial charge in [0.15, 0.2) is 0 Å². The number of nitrogens with zero attached hydrogens (tertiary/aromatic N) is 1. The highest BCUT2D eigenvalue weighted by molar-refractivity contribution is 6.62. The van der Waals surface area contributed by atoms with Crippen molar-refractivity contribution >= 4 is 18.6 Å². The molecule has 0 radical (unpaired) electrons. The van der Waals surface area contributed by atoms with Crippen LogP contribution in [0.2, 0.25) is 0 Å². The Labute approximate surface area is 150 Å². The second-order valence-corrected chi connectivity index (χ2v) is 9.12. The first-order chi connectivity index (χ1) is 11.4. The number of esters is 1. The lowest BCUT2D eigenvalue weighted by atomic mass is 9.79. The number of hydrogen-bond acceptors (Lipinski definition) is 5. The van der Waals surface area contributed by atoms with Gasteiger partial charge in [0.1, 0.15) is 5.60 Å². The van der Waals surface area contributed by atoms with Crippen molar-refractivity contribution in [3.63, 3.8) is 0 Å². The SMILES string of the molecule is CC(C)(C)OC(=O)[C@@H]1C[C@H]1c1cncc(B2OC(C)(C)C(C)(C)O2)c1. The predicted octanol–water partition coefficient (Wildman–Crippen LogP) is 2.83. The smallest absolute Gasteiger partial charge is 0.460 e. The number of rotatable bonds is 3. The van der Waals surface area contributed by atoms with Crippen molar-refractivity contribution in [2.24, 2.45) is 5.92 Å². The minimum Gasteiger partial charge on any atom is -0.460 e. The van der Waals surface area contributed by atoms with Gasteiger partial charge in [-0.3, -0.25) is 9.78 Å². The molecular formula is C19H28BNO4. The topological polar surface area (TPSA) is 57.7 Å². The number of carbonyl (C=O) groups is 1. The van der Waals surface area contributed by atoms with Gasteiger partial charge in [0.2, 0.25) is 0 Å². The highest BCUT2D eigenvalue weighted by Crippen LogP contribution is 2.48. The lowest BCUT2D eigenvalue weighted by Crippen LogP contribution is -2.41. The lowest BCUT2D eigenvalue weighted by molar-refractivity contribution is -0.156. The standard InChI is InChI=1S/C19H28BNO4/c1-17(2,3)23-16(22)15-9-14(15)12-8-13(11-21-10-12)20-24-18(4,5)19(6,7)25-20/h8,10-11,14-15H,9H2,1-7H3/t14-,15+/m0/s1. The molecule has 0 bridgehead atoms. The summed E-state index contributed by atoms with van der Waals surface area (Å²) in [5, 5.41) is 0. The molecule has 2 heterocycles. The molecule has 0 amide bonds. The van der Waals surface area contributed by atoms with E-state index < -0.39 is 12.7 Å². The molecule has 2 fully saturated rings. The summed E-state index contributed by atoms with van der Waals surface area (Å²) in [6, 6.07) is 2.05. The first-order valence-electron chi connectivity index (χ1n) is 8.93. The fourth-order valence-corrected chi connectivity index (χ4v) is 2.99. The van der Waals surface area contributed by atoms with E-state index in [1.54, 1.807) is 6.20 Å². The molecule has 136 valence electrons. The van der Waals surface area contributed by atoms with Crippen LogP contribution in [0.4, 0.5) is 0 Å². The maximum absolute atomic E-state index is 12.2. The zero-order valence-electron chi connectivity index (χ0n) is 16.3. The Morgan fingerprint density at radius 1 is 1.20 bits per heavy atom. The zero-order chi connectivity index (χ0) is 18.6. The van der Waals surface area contributed by atoms with E-state index in [4.69, 9.17) is 14.0 Å². The second kappa shape index (κ2) is 5.81. The average molecular weight is 345 g/mol. The highest BCUT2D eigenvalue weighted by Gasteiger charge is 2.52. The van der Waals surface area contributed by atoms with Crippen LogP contribution in [-0.2, 0) is 18.8 Å². The van der Waals surface area contributed by atoms with E-state index in [2.05, 4.69) is 4.98 Å².